The summed E-state index contributed by atoms with van der Waals surface area (Å²) in [6.07, 6.45) is 1.37. The summed E-state index contributed by atoms with van der Waals surface area (Å²) in [6, 6.07) is 0. The molecule has 0 fully saturated rings. The van der Waals surface area contributed by atoms with Gasteiger partial charge in [0.25, 0.3) is 0 Å². The first-order valence-electron chi connectivity index (χ1n) is 4.05. The van der Waals surface area contributed by atoms with Crippen molar-refractivity contribution in [2.45, 2.75) is 32.5 Å². The predicted molar refractivity (Wildman–Crippen MR) is 41.3 cm³/mol. The molecule has 0 aliphatic carbocycles. The Hall–Kier alpha value is 0.390. The van der Waals surface area contributed by atoms with Gasteiger partial charge in [-0.15, -0.1) is 0 Å². The smallest absolute Gasteiger partial charge is 0.550 e. The van der Waals surface area contributed by atoms with Crippen LogP contribution in [0.3, 0.4) is 0 Å². The molecule has 0 aromatic rings. The van der Waals surface area contributed by atoms with Crippen molar-refractivity contribution in [1.29, 1.82) is 0 Å². The molecule has 1 atom stereocenters. The number of hydrogen-bond acceptors (Lipinski definition) is 4. The Kier molecular flexibility index (Phi) is 12.8. The molecule has 0 heterocycles. The second-order valence-corrected chi connectivity index (χ2v) is 2.45. The van der Waals surface area contributed by atoms with Gasteiger partial charge in [-0.05, 0) is 6.42 Å². The zero-order valence-corrected chi connectivity index (χ0v) is 10.5. The Labute approximate surface area is 101 Å². The van der Waals surface area contributed by atoms with E-state index in [1.165, 1.54) is 0 Å². The van der Waals surface area contributed by atoms with Gasteiger partial charge in [-0.2, -0.15) is 0 Å². The number of ether oxygens (including phenoxy) is 2. The fourth-order valence-corrected chi connectivity index (χ4v) is 0.779. The van der Waals surface area contributed by atoms with E-state index in [1.807, 2.05) is 6.92 Å². The summed E-state index contributed by atoms with van der Waals surface area (Å²) in [5, 5.41) is 10.00. The van der Waals surface area contributed by atoms with Crippen LogP contribution >= 0.6 is 0 Å². The molecule has 0 saturated carbocycles. The number of carbonyl (C=O) groups is 1. The molecule has 0 aromatic carbocycles. The molecule has 0 N–H and O–H groups in total. The van der Waals surface area contributed by atoms with Crippen LogP contribution in [0.15, 0.2) is 0 Å². The number of carboxylic acid groups (broad SMARTS) is 1. The number of methoxy groups -OCH3 is 1. The molecular weight excluding hydrogens is 183 g/mol. The van der Waals surface area contributed by atoms with E-state index < -0.39 is 5.97 Å². The quantitative estimate of drug-likeness (QED) is 0.321. The first-order valence-corrected chi connectivity index (χ1v) is 4.05. The van der Waals surface area contributed by atoms with E-state index in [2.05, 4.69) is 0 Å². The van der Waals surface area contributed by atoms with Gasteiger partial charge in [0.15, 0.2) is 6.29 Å². The van der Waals surface area contributed by atoms with Gasteiger partial charge in [-0.3, -0.25) is 0 Å². The molecule has 0 radical (unpaired) electrons. The van der Waals surface area contributed by atoms with Gasteiger partial charge in [-0.1, -0.05) is 13.3 Å². The van der Waals surface area contributed by atoms with Gasteiger partial charge in [-0.25, -0.2) is 0 Å². The van der Waals surface area contributed by atoms with Crippen LogP contribution in [0, 0.1) is 0 Å². The normalized spacial score (nSPS) is 11.8. The fraction of sp³-hybridized carbons (Fsp3) is 0.875. The van der Waals surface area contributed by atoms with Crippen molar-refractivity contribution in [2.24, 2.45) is 0 Å². The van der Waals surface area contributed by atoms with Crippen molar-refractivity contribution in [3.63, 3.8) is 0 Å². The first-order chi connectivity index (χ1) is 5.70. The summed E-state index contributed by atoms with van der Waals surface area (Å²) >= 11 is 0. The molecule has 5 heteroatoms. The van der Waals surface area contributed by atoms with Gasteiger partial charge in [0.2, 0.25) is 0 Å². The molecule has 0 amide bonds. The topological polar surface area (TPSA) is 58.6 Å². The van der Waals surface area contributed by atoms with E-state index in [4.69, 9.17) is 9.47 Å². The van der Waals surface area contributed by atoms with Crippen LogP contribution in [0.4, 0.5) is 0 Å². The van der Waals surface area contributed by atoms with Gasteiger partial charge in [0.1, 0.15) is 0 Å². The van der Waals surface area contributed by atoms with Crippen LogP contribution in [0.5, 0.6) is 0 Å². The molecule has 0 spiro atoms. The minimum atomic E-state index is -1.10. The van der Waals surface area contributed by atoms with Crippen molar-refractivity contribution >= 4 is 5.97 Å². The molecule has 0 aliphatic heterocycles. The standard InChI is InChI=1S/C8H16O4.Na/c1-3-4-8(11-2)12-6-5-7(9)10;/h8H,3-6H2,1-2H3,(H,9,10);/q;+1/p-1. The summed E-state index contributed by atoms with van der Waals surface area (Å²) in [5.41, 5.74) is 0. The summed E-state index contributed by atoms with van der Waals surface area (Å²) < 4.78 is 10.0. The van der Waals surface area contributed by atoms with Crippen LogP contribution in [0.25, 0.3) is 0 Å². The van der Waals surface area contributed by atoms with Gasteiger partial charge in [0, 0.05) is 19.5 Å². The van der Waals surface area contributed by atoms with E-state index >= 15 is 0 Å². The molecule has 1 unspecified atom stereocenters. The van der Waals surface area contributed by atoms with E-state index in [-0.39, 0.29) is 48.9 Å². The number of rotatable bonds is 7. The summed E-state index contributed by atoms with van der Waals surface area (Å²) in [6.45, 7) is 2.16. The molecule has 0 aliphatic rings. The molecule has 0 bridgehead atoms. The third kappa shape index (κ3) is 10.3. The third-order valence-electron chi connectivity index (χ3n) is 1.40. The largest absolute Gasteiger partial charge is 1.00 e. The van der Waals surface area contributed by atoms with Gasteiger partial charge >= 0.3 is 29.6 Å². The van der Waals surface area contributed by atoms with Crippen molar-refractivity contribution in [3.05, 3.63) is 0 Å². The van der Waals surface area contributed by atoms with Crippen molar-refractivity contribution in [2.75, 3.05) is 13.7 Å². The molecule has 0 rings (SSSR count). The fourth-order valence-electron chi connectivity index (χ4n) is 0.779. The Morgan fingerprint density at radius 3 is 2.54 bits per heavy atom. The minimum Gasteiger partial charge on any atom is -0.550 e. The zero-order valence-electron chi connectivity index (χ0n) is 8.54. The van der Waals surface area contributed by atoms with Crippen molar-refractivity contribution in [1.82, 2.24) is 0 Å². The molecule has 13 heavy (non-hydrogen) atoms. The summed E-state index contributed by atoms with van der Waals surface area (Å²) in [5.74, 6) is -1.10. The number of carboxylic acids is 1. The molecule has 0 aromatic heterocycles. The van der Waals surface area contributed by atoms with Crippen molar-refractivity contribution in [3.8, 4) is 0 Å². The summed E-state index contributed by atoms with van der Waals surface area (Å²) in [7, 11) is 1.54. The van der Waals surface area contributed by atoms with E-state index in [0.29, 0.717) is 0 Å². The van der Waals surface area contributed by atoms with Crippen LogP contribution in [-0.4, -0.2) is 26.0 Å². The Morgan fingerprint density at radius 1 is 1.54 bits per heavy atom. The van der Waals surface area contributed by atoms with E-state index in [0.717, 1.165) is 12.8 Å². The molecule has 4 nitrogen and oxygen atoms in total. The van der Waals surface area contributed by atoms with E-state index in [1.54, 1.807) is 7.11 Å². The van der Waals surface area contributed by atoms with E-state index in [9.17, 15) is 9.90 Å². The average Bonchev–Trinajstić information content (AvgIpc) is 2.02. The second-order valence-electron chi connectivity index (χ2n) is 2.45. The number of carbonyl (C=O) groups excluding carboxylic acids is 1. The van der Waals surface area contributed by atoms with Crippen LogP contribution in [-0.2, 0) is 14.3 Å². The number of aliphatic carboxylic acids is 1. The van der Waals surface area contributed by atoms with Gasteiger partial charge < -0.3 is 19.4 Å². The van der Waals surface area contributed by atoms with Crippen molar-refractivity contribution < 1.29 is 48.9 Å². The zero-order chi connectivity index (χ0) is 9.40. The van der Waals surface area contributed by atoms with Crippen LogP contribution in [0.2, 0.25) is 0 Å². The molecule has 0 saturated heterocycles. The molecular formula is C8H15NaO4. The maximum atomic E-state index is 10.00. The van der Waals surface area contributed by atoms with Crippen LogP contribution < -0.4 is 34.7 Å². The number of hydrogen-bond donors (Lipinski definition) is 0. The Morgan fingerprint density at radius 2 is 2.15 bits per heavy atom. The SMILES string of the molecule is CCCC(OC)OCCC(=O)[O-].[Na+]. The predicted octanol–water partition coefficient (Wildman–Crippen LogP) is -3.08. The van der Waals surface area contributed by atoms with Gasteiger partial charge in [0.05, 0.1) is 6.61 Å². The maximum Gasteiger partial charge on any atom is 1.00 e. The monoisotopic (exact) mass is 198 g/mol. The Balaban J connectivity index is 0. The molecule has 72 valence electrons. The summed E-state index contributed by atoms with van der Waals surface area (Å²) in [4.78, 5) is 10.00. The Bertz CT molecular complexity index is 129. The minimum absolute atomic E-state index is 0. The third-order valence-corrected chi connectivity index (χ3v) is 1.40. The maximum absolute atomic E-state index is 10.00. The average molecular weight is 198 g/mol. The first kappa shape index (κ1) is 15.8. The van der Waals surface area contributed by atoms with Crippen LogP contribution in [0.1, 0.15) is 26.2 Å². The second kappa shape index (κ2) is 10.5.